The molecule has 11 aromatic rings. The van der Waals surface area contributed by atoms with Crippen LogP contribution in [0.2, 0.25) is 0 Å². The number of imide groups is 2. The van der Waals surface area contributed by atoms with Crippen LogP contribution in [0.15, 0.2) is 231 Å². The van der Waals surface area contributed by atoms with E-state index in [1.54, 1.807) is 145 Å². The highest BCUT2D eigenvalue weighted by molar-refractivity contribution is 6.45. The van der Waals surface area contributed by atoms with E-state index in [0.29, 0.717) is 98.3 Å². The minimum absolute atomic E-state index is 0.00287. The summed E-state index contributed by atoms with van der Waals surface area (Å²) < 4.78 is 40.9. The fourth-order valence-electron chi connectivity index (χ4n) is 16.5. The number of esters is 2. The van der Waals surface area contributed by atoms with Crippen molar-refractivity contribution in [3.63, 3.8) is 0 Å². The first-order valence-corrected chi connectivity index (χ1v) is 37.9. The Morgan fingerprint density at radius 3 is 0.927 bits per heavy atom. The first-order chi connectivity index (χ1) is 53.5. The number of hydrogen-bond donors (Lipinski definition) is 0. The topological polar surface area (TPSA) is 205 Å². The summed E-state index contributed by atoms with van der Waals surface area (Å²) in [5.41, 5.74) is 1.88. The van der Waals surface area contributed by atoms with Gasteiger partial charge in [0.25, 0.3) is 23.6 Å². The van der Waals surface area contributed by atoms with Gasteiger partial charge in [0, 0.05) is 105 Å². The second-order valence-electron chi connectivity index (χ2n) is 29.0. The van der Waals surface area contributed by atoms with Gasteiger partial charge in [0.05, 0.1) is 22.3 Å². The van der Waals surface area contributed by atoms with E-state index in [1.807, 2.05) is 98.8 Å². The number of amides is 6. The highest BCUT2D eigenvalue weighted by Gasteiger charge is 2.49. The Kier molecular flexibility index (Phi) is 20.9. The molecule has 2 aliphatic heterocycles. The fourth-order valence-corrected chi connectivity index (χ4v) is 16.5. The lowest BCUT2D eigenvalue weighted by molar-refractivity contribution is -0.150. The van der Waals surface area contributed by atoms with Crippen LogP contribution in [0.4, 0.5) is 0 Å². The molecule has 18 nitrogen and oxygen atoms in total. The number of ether oxygens (including phenoxy) is 6. The quantitative estimate of drug-likeness (QED) is 0.0163. The van der Waals surface area contributed by atoms with Gasteiger partial charge in [-0.05, 0) is 149 Å². The van der Waals surface area contributed by atoms with Gasteiger partial charge in [0.1, 0.15) is 70.3 Å². The van der Waals surface area contributed by atoms with E-state index in [9.17, 15) is 9.59 Å². The maximum absolute atomic E-state index is 16.8. The summed E-state index contributed by atoms with van der Waals surface area (Å²) in [5, 5.41) is 2.04. The molecule has 0 N–H and O–H groups in total. The van der Waals surface area contributed by atoms with Crippen LogP contribution in [0.1, 0.15) is 144 Å². The van der Waals surface area contributed by atoms with Gasteiger partial charge < -0.3 is 38.2 Å². The predicted octanol–water partition coefficient (Wildman–Crippen LogP) is 18.7. The molecule has 15 rings (SSSR count). The zero-order valence-electron chi connectivity index (χ0n) is 61.9. The molecule has 0 aromatic heterocycles. The number of carbonyl (C=O) groups is 8. The number of nitrogens with zero attached hydrogens (tertiary/aromatic N) is 4. The van der Waals surface area contributed by atoms with Crippen LogP contribution < -0.4 is 18.9 Å². The van der Waals surface area contributed by atoms with Crippen LogP contribution in [0.5, 0.6) is 46.0 Å². The van der Waals surface area contributed by atoms with Gasteiger partial charge in [-0.2, -0.15) is 0 Å². The summed E-state index contributed by atoms with van der Waals surface area (Å²) in [7, 11) is 0. The average molecular weight is 1470 g/mol. The molecule has 18 heteroatoms. The summed E-state index contributed by atoms with van der Waals surface area (Å²) in [6.07, 6.45) is 4.14. The predicted molar refractivity (Wildman–Crippen MR) is 420 cm³/mol. The molecule has 6 unspecified atom stereocenters. The van der Waals surface area contributed by atoms with Gasteiger partial charge in [-0.15, -0.1) is 0 Å². The van der Waals surface area contributed by atoms with Crippen LogP contribution in [-0.2, 0) is 41.5 Å². The Morgan fingerprint density at radius 1 is 0.391 bits per heavy atom. The van der Waals surface area contributed by atoms with Gasteiger partial charge in [-0.3, -0.25) is 38.6 Å². The smallest absolute Gasteiger partial charge is 0.333 e. The Hall–Kier alpha value is -12.4. The summed E-state index contributed by atoms with van der Waals surface area (Å²) in [6.45, 7) is 15.2. The molecule has 0 spiro atoms. The SMILES string of the molecule is C=C(C)C(=O)OC1CCCC(N(CCC)C(=O)C(Cc2ccccc2)N2C(=O)c3cc(Oc4ccccc4)c4c5c(Oc6ccccc6)cc6c7c(cc(Oc8ccccc8)c(c8c(Oc9ccccc9)cc(c3c48)C2=O)c75)C(=O)N(C(Cc2ccccc2)C(=O)N(CCC)C2CCCC(OC(=O)C(=C)C)C2)C6=O)C1. The number of carbonyl (C=O) groups excluding carboxylic acids is 8. The van der Waals surface area contributed by atoms with Crippen molar-refractivity contribution in [3.8, 4) is 46.0 Å². The maximum atomic E-state index is 16.8. The van der Waals surface area contributed by atoms with Crippen molar-refractivity contribution in [1.82, 2.24) is 19.6 Å². The largest absolute Gasteiger partial charge is 0.459 e. The number of benzene rings is 11. The zero-order valence-corrected chi connectivity index (χ0v) is 61.9. The Bertz CT molecular complexity index is 4880. The van der Waals surface area contributed by atoms with Crippen molar-refractivity contribution in [2.45, 2.75) is 141 Å². The third kappa shape index (κ3) is 14.2. The van der Waals surface area contributed by atoms with E-state index in [4.69, 9.17) is 28.4 Å². The number of para-hydroxylation sites is 4. The summed E-state index contributed by atoms with van der Waals surface area (Å²) >= 11 is 0. The standard InChI is InChI=1S/C92H84N4O14/c1-7-45-93(59-33-27-43-65(49-59)109-91(103)55(3)4)89(101)71(47-57-29-15-9-16-30-57)95-85(97)67-51-73(105-61-35-19-11-20-36-61)79-81-75(107-63-39-23-13-24-40-63)53-69-78-70(54-76(108-64-41-25-14-26-42-64)82(84(78)81)80-74(106-62-37-21-12-22-38-62)52-68(86(95)98)77(67)83(79)80)88(100)96(87(69)99)72(48-58-31-17-10-18-32-58)90(102)94(46-8-2)60-34-28-44-66(50-60)110-92(104)56(5)6/h9-26,29-32,35-42,51-54,59-60,65-66,71-72H,3,5,7-8,27-28,33-34,43-50H2,1-2,4,6H3. The van der Waals surface area contributed by atoms with E-state index in [2.05, 4.69) is 13.2 Å². The molecule has 6 amide bonds. The molecule has 11 aromatic carbocycles. The van der Waals surface area contributed by atoms with Crippen molar-refractivity contribution in [3.05, 3.63) is 264 Å². The van der Waals surface area contributed by atoms with Gasteiger partial charge in [-0.25, -0.2) is 9.59 Å². The Labute approximate surface area is 637 Å². The number of rotatable bonds is 26. The lowest BCUT2D eigenvalue weighted by Gasteiger charge is -2.42. The van der Waals surface area contributed by atoms with E-state index >= 15 is 28.8 Å². The monoisotopic (exact) mass is 1470 g/mol. The van der Waals surface area contributed by atoms with Crippen LogP contribution in [-0.4, -0.2) is 116 Å². The average Bonchev–Trinajstić information content (AvgIpc) is 0.670. The molecule has 110 heavy (non-hydrogen) atoms. The van der Waals surface area contributed by atoms with Gasteiger partial charge in [-0.1, -0.05) is 160 Å². The van der Waals surface area contributed by atoms with Crippen LogP contribution >= 0.6 is 0 Å². The minimum atomic E-state index is -1.44. The molecule has 2 saturated carbocycles. The van der Waals surface area contributed by atoms with Crippen molar-refractivity contribution >= 4 is 90.5 Å². The third-order valence-electron chi connectivity index (χ3n) is 21.4. The molecule has 0 radical (unpaired) electrons. The summed E-state index contributed by atoms with van der Waals surface area (Å²) in [5.74, 6) is -3.48. The van der Waals surface area contributed by atoms with Crippen molar-refractivity contribution in [1.29, 1.82) is 0 Å². The normalized spacial score (nSPS) is 17.4. The molecule has 0 bridgehead atoms. The van der Waals surface area contributed by atoms with Crippen LogP contribution in [0, 0.1) is 0 Å². The van der Waals surface area contributed by atoms with E-state index in [1.165, 1.54) is 0 Å². The van der Waals surface area contributed by atoms with Crippen molar-refractivity contribution in [2.24, 2.45) is 0 Å². The molecule has 4 aliphatic rings. The van der Waals surface area contributed by atoms with Crippen molar-refractivity contribution < 1.29 is 66.8 Å². The van der Waals surface area contributed by atoms with E-state index in [-0.39, 0.29) is 125 Å². The minimum Gasteiger partial charge on any atom is -0.459 e. The first-order valence-electron chi connectivity index (χ1n) is 37.9. The van der Waals surface area contributed by atoms with Gasteiger partial charge in [0.15, 0.2) is 0 Å². The number of hydrogen-bond acceptors (Lipinski definition) is 14. The zero-order chi connectivity index (χ0) is 76.4. The second kappa shape index (κ2) is 31.4. The number of fused-ring (bicyclic) bond motifs is 2. The lowest BCUT2D eigenvalue weighted by Crippen LogP contribution is -2.58. The van der Waals surface area contributed by atoms with Crippen molar-refractivity contribution in [2.75, 3.05) is 13.1 Å². The molecule has 6 atom stereocenters. The molecular weight excluding hydrogens is 1390 g/mol. The lowest BCUT2D eigenvalue weighted by atomic mass is 9.80. The summed E-state index contributed by atoms with van der Waals surface area (Å²) in [4.78, 5) is 132. The molecule has 2 aliphatic carbocycles. The van der Waals surface area contributed by atoms with Gasteiger partial charge >= 0.3 is 11.9 Å². The molecule has 2 heterocycles. The second-order valence-corrected chi connectivity index (χ2v) is 29.0. The highest BCUT2D eigenvalue weighted by atomic mass is 16.5. The maximum Gasteiger partial charge on any atom is 0.333 e. The van der Waals surface area contributed by atoms with E-state index in [0.717, 1.165) is 9.80 Å². The molecule has 0 saturated heterocycles. The molecule has 2 fully saturated rings. The van der Waals surface area contributed by atoms with E-state index < -0.39 is 83.8 Å². The van der Waals surface area contributed by atoms with Crippen LogP contribution in [0.3, 0.4) is 0 Å². The highest BCUT2D eigenvalue weighted by Crippen LogP contribution is 2.58. The van der Waals surface area contributed by atoms with Crippen LogP contribution in [0.25, 0.3) is 43.1 Å². The first kappa shape index (κ1) is 73.1. The fraction of sp³-hybridized carbons (Fsp3) is 0.261. The van der Waals surface area contributed by atoms with Gasteiger partial charge in [0.2, 0.25) is 11.8 Å². The summed E-state index contributed by atoms with van der Waals surface area (Å²) in [6, 6.07) is 57.0. The molecular formula is C92H84N4O14. The Morgan fingerprint density at radius 2 is 0.664 bits per heavy atom. The Balaban J connectivity index is 1.01. The third-order valence-corrected chi connectivity index (χ3v) is 21.4. The molecule has 556 valence electrons.